The number of amides is 1. The molecule has 3 aromatic rings. The van der Waals surface area contributed by atoms with Gasteiger partial charge in [-0.1, -0.05) is 53.7 Å². The zero-order chi connectivity index (χ0) is 16.8. The van der Waals surface area contributed by atoms with Gasteiger partial charge in [0.05, 0.1) is 15.0 Å². The highest BCUT2D eigenvalue weighted by atomic mass is 35.5. The van der Waals surface area contributed by atoms with Crippen LogP contribution in [0.2, 0.25) is 4.34 Å². The van der Waals surface area contributed by atoms with Crippen molar-refractivity contribution in [1.29, 1.82) is 0 Å². The molecule has 2 aromatic heterocycles. The summed E-state index contributed by atoms with van der Waals surface area (Å²) in [5.41, 5.74) is 1.20. The van der Waals surface area contributed by atoms with E-state index in [9.17, 15) is 4.79 Å². The molecule has 8 heteroatoms. The van der Waals surface area contributed by atoms with Crippen LogP contribution in [0.3, 0.4) is 0 Å². The second-order valence-corrected chi connectivity index (χ2v) is 7.49. The summed E-state index contributed by atoms with van der Waals surface area (Å²) >= 11 is 8.47. The molecule has 24 heavy (non-hydrogen) atoms. The lowest BCUT2D eigenvalue weighted by Crippen LogP contribution is -2.27. The lowest BCUT2D eigenvalue weighted by atomic mass is 10.1. The molecular weight excluding hydrogens is 366 g/mol. The summed E-state index contributed by atoms with van der Waals surface area (Å²) in [6, 6.07) is 13.6. The quantitative estimate of drug-likeness (QED) is 0.630. The highest BCUT2D eigenvalue weighted by Gasteiger charge is 2.12. The summed E-state index contributed by atoms with van der Waals surface area (Å²) in [7, 11) is 0. The fourth-order valence-corrected chi connectivity index (χ4v) is 3.52. The minimum absolute atomic E-state index is 0.0603. The average Bonchev–Trinajstić information content (AvgIpc) is 3.23. The molecule has 2 heterocycles. The fraction of sp³-hybridized carbons (Fsp3) is 0.188. The zero-order valence-corrected chi connectivity index (χ0v) is 15.0. The first-order valence-electron chi connectivity index (χ1n) is 7.23. The zero-order valence-electron chi connectivity index (χ0n) is 12.6. The molecule has 124 valence electrons. The average molecular weight is 380 g/mol. The van der Waals surface area contributed by atoms with E-state index in [0.717, 1.165) is 11.3 Å². The lowest BCUT2D eigenvalue weighted by molar-refractivity contribution is -0.118. The van der Waals surface area contributed by atoms with E-state index in [1.807, 2.05) is 36.4 Å². The molecule has 0 saturated carbocycles. The summed E-state index contributed by atoms with van der Waals surface area (Å²) in [5.74, 6) is 0.593. The summed E-state index contributed by atoms with van der Waals surface area (Å²) < 4.78 is 6.18. The first kappa shape index (κ1) is 17.0. The molecule has 0 bridgehead atoms. The van der Waals surface area contributed by atoms with E-state index in [4.69, 9.17) is 16.0 Å². The third kappa shape index (κ3) is 4.83. The van der Waals surface area contributed by atoms with Gasteiger partial charge < -0.3 is 9.73 Å². The molecule has 1 N–H and O–H groups in total. The third-order valence-electron chi connectivity index (χ3n) is 3.10. The Kier molecular flexibility index (Phi) is 5.90. The van der Waals surface area contributed by atoms with Gasteiger partial charge in [-0.25, -0.2) is 0 Å². The normalized spacial score (nSPS) is 10.7. The van der Waals surface area contributed by atoms with Crippen LogP contribution < -0.4 is 5.32 Å². The van der Waals surface area contributed by atoms with Crippen LogP contribution in [-0.2, 0) is 11.2 Å². The second-order valence-electron chi connectivity index (χ2n) is 4.85. The lowest BCUT2D eigenvalue weighted by Gasteiger charge is -2.04. The van der Waals surface area contributed by atoms with E-state index < -0.39 is 0 Å². The van der Waals surface area contributed by atoms with Crippen LogP contribution >= 0.6 is 34.7 Å². The molecule has 0 unspecified atom stereocenters. The number of rotatable bonds is 7. The van der Waals surface area contributed by atoms with Crippen LogP contribution in [0.5, 0.6) is 0 Å². The topological polar surface area (TPSA) is 68.0 Å². The van der Waals surface area contributed by atoms with Crippen molar-refractivity contribution in [2.75, 3.05) is 12.3 Å². The molecule has 0 spiro atoms. The molecule has 0 atom stereocenters. The predicted molar refractivity (Wildman–Crippen MR) is 96.5 cm³/mol. The van der Waals surface area contributed by atoms with Gasteiger partial charge in [-0.05, 0) is 24.1 Å². The largest absolute Gasteiger partial charge is 0.410 e. The van der Waals surface area contributed by atoms with Crippen LogP contribution in [0.4, 0.5) is 0 Å². The maximum absolute atomic E-state index is 11.8. The number of aromatic nitrogens is 2. The molecule has 0 aliphatic rings. The van der Waals surface area contributed by atoms with Gasteiger partial charge in [0.2, 0.25) is 5.91 Å². The maximum Gasteiger partial charge on any atom is 0.277 e. The molecule has 0 saturated heterocycles. The number of thioether (sulfide) groups is 1. The number of carbonyl (C=O) groups is 1. The number of halogens is 1. The van der Waals surface area contributed by atoms with Crippen LogP contribution in [0.25, 0.3) is 10.8 Å². The van der Waals surface area contributed by atoms with Gasteiger partial charge >= 0.3 is 0 Å². The highest BCUT2D eigenvalue weighted by Crippen LogP contribution is 2.31. The number of thiophene rings is 1. The fourth-order valence-electron chi connectivity index (χ4n) is 1.97. The van der Waals surface area contributed by atoms with E-state index in [1.165, 1.54) is 28.7 Å². The van der Waals surface area contributed by atoms with Crippen LogP contribution in [0.1, 0.15) is 5.56 Å². The molecule has 0 radical (unpaired) electrons. The van der Waals surface area contributed by atoms with Crippen molar-refractivity contribution in [3.63, 3.8) is 0 Å². The van der Waals surface area contributed by atoms with Gasteiger partial charge in [-0.15, -0.1) is 21.5 Å². The number of benzene rings is 1. The molecule has 1 aromatic carbocycles. The minimum atomic E-state index is -0.0603. The molecule has 5 nitrogen and oxygen atoms in total. The van der Waals surface area contributed by atoms with Crippen LogP contribution in [0.15, 0.2) is 52.1 Å². The maximum atomic E-state index is 11.8. The van der Waals surface area contributed by atoms with E-state index in [1.54, 1.807) is 6.07 Å². The van der Waals surface area contributed by atoms with Gasteiger partial charge in [0.15, 0.2) is 0 Å². The Labute approximate surface area is 152 Å². The Bertz CT molecular complexity index is 805. The summed E-state index contributed by atoms with van der Waals surface area (Å²) in [5, 5.41) is 11.1. The van der Waals surface area contributed by atoms with E-state index in [2.05, 4.69) is 15.5 Å². The number of carbonyl (C=O) groups excluding carboxylic acids is 1. The van der Waals surface area contributed by atoms with Crippen molar-refractivity contribution in [3.05, 3.63) is 52.4 Å². The molecule has 1 amide bonds. The number of hydrogen-bond acceptors (Lipinski definition) is 6. The molecule has 3 rings (SSSR count). The van der Waals surface area contributed by atoms with Crippen molar-refractivity contribution in [2.24, 2.45) is 0 Å². The van der Waals surface area contributed by atoms with Crippen molar-refractivity contribution >= 4 is 40.6 Å². The first-order valence-corrected chi connectivity index (χ1v) is 9.41. The second kappa shape index (κ2) is 8.32. The molecule has 0 aliphatic carbocycles. The Morgan fingerprint density at radius 2 is 2.04 bits per heavy atom. The minimum Gasteiger partial charge on any atom is -0.410 e. The standard InChI is InChI=1S/C16H14ClN3O2S2/c17-13-7-6-12(24-13)15-19-20-16(22-15)23-10-14(21)18-9-8-11-4-2-1-3-5-11/h1-7H,8-10H2,(H,18,21). The Balaban J connectivity index is 1.42. The van der Waals surface area contributed by atoms with E-state index in [0.29, 0.717) is 22.0 Å². The number of nitrogens with zero attached hydrogens (tertiary/aromatic N) is 2. The van der Waals surface area contributed by atoms with Crippen molar-refractivity contribution < 1.29 is 9.21 Å². The van der Waals surface area contributed by atoms with Crippen molar-refractivity contribution in [3.8, 4) is 10.8 Å². The van der Waals surface area contributed by atoms with Gasteiger partial charge in [-0.3, -0.25) is 4.79 Å². The van der Waals surface area contributed by atoms with Gasteiger partial charge in [0, 0.05) is 6.54 Å². The molecule has 0 aliphatic heterocycles. The Hall–Kier alpha value is -1.83. The van der Waals surface area contributed by atoms with Gasteiger partial charge in [0.25, 0.3) is 11.1 Å². The predicted octanol–water partition coefficient (Wildman–Crippen LogP) is 3.90. The van der Waals surface area contributed by atoms with Crippen LogP contribution in [0, 0.1) is 0 Å². The van der Waals surface area contributed by atoms with Crippen molar-refractivity contribution in [2.45, 2.75) is 11.6 Å². The Morgan fingerprint density at radius 3 is 2.79 bits per heavy atom. The smallest absolute Gasteiger partial charge is 0.277 e. The number of hydrogen-bond donors (Lipinski definition) is 1. The van der Waals surface area contributed by atoms with E-state index in [-0.39, 0.29) is 11.7 Å². The summed E-state index contributed by atoms with van der Waals surface area (Å²) in [6.07, 6.45) is 0.807. The van der Waals surface area contributed by atoms with Gasteiger partial charge in [0.1, 0.15) is 0 Å². The summed E-state index contributed by atoms with van der Waals surface area (Å²) in [4.78, 5) is 12.7. The molecule has 0 fully saturated rings. The number of nitrogens with one attached hydrogen (secondary N) is 1. The van der Waals surface area contributed by atoms with E-state index >= 15 is 0 Å². The summed E-state index contributed by atoms with van der Waals surface area (Å²) in [6.45, 7) is 0.603. The highest BCUT2D eigenvalue weighted by molar-refractivity contribution is 7.99. The van der Waals surface area contributed by atoms with Gasteiger partial charge in [-0.2, -0.15) is 0 Å². The Morgan fingerprint density at radius 1 is 1.21 bits per heavy atom. The third-order valence-corrected chi connectivity index (χ3v) is 5.13. The SMILES string of the molecule is O=C(CSc1nnc(-c2ccc(Cl)s2)o1)NCCc1ccccc1. The van der Waals surface area contributed by atoms with Crippen LogP contribution in [-0.4, -0.2) is 28.4 Å². The molecular formula is C16H14ClN3O2S2. The van der Waals surface area contributed by atoms with Crippen molar-refractivity contribution in [1.82, 2.24) is 15.5 Å². The first-order chi connectivity index (χ1) is 11.7. The monoisotopic (exact) mass is 379 g/mol.